The second-order valence-corrected chi connectivity index (χ2v) is 3.90. The Bertz CT molecular complexity index is 712. The first-order valence-electron chi connectivity index (χ1n) is 5.53. The minimum absolute atomic E-state index is 0.108. The van der Waals surface area contributed by atoms with E-state index in [2.05, 4.69) is 15.1 Å². The van der Waals surface area contributed by atoms with Crippen molar-refractivity contribution in [3.8, 4) is 22.8 Å². The van der Waals surface area contributed by atoms with Crippen molar-refractivity contribution < 1.29 is 8.91 Å². The Balaban J connectivity index is 2.02. The topological polar surface area (TPSA) is 77.8 Å². The molecule has 5 nitrogen and oxygen atoms in total. The number of nitrogen functional groups attached to an aromatic ring is 1. The second kappa shape index (κ2) is 4.49. The first-order chi connectivity index (χ1) is 9.24. The van der Waals surface area contributed by atoms with Gasteiger partial charge in [-0.15, -0.1) is 0 Å². The molecule has 3 aromatic rings. The molecule has 0 radical (unpaired) electrons. The number of halogens is 1. The van der Waals surface area contributed by atoms with Crippen molar-refractivity contribution in [1.29, 1.82) is 0 Å². The van der Waals surface area contributed by atoms with Crippen molar-refractivity contribution in [2.75, 3.05) is 5.73 Å². The van der Waals surface area contributed by atoms with Crippen LogP contribution in [0.15, 0.2) is 47.2 Å². The van der Waals surface area contributed by atoms with E-state index in [1.54, 1.807) is 30.6 Å². The fourth-order valence-corrected chi connectivity index (χ4v) is 1.65. The zero-order valence-electron chi connectivity index (χ0n) is 9.75. The molecule has 0 atom stereocenters. The molecule has 0 aliphatic rings. The highest BCUT2D eigenvalue weighted by Gasteiger charge is 2.14. The van der Waals surface area contributed by atoms with Gasteiger partial charge in [-0.2, -0.15) is 4.98 Å². The van der Waals surface area contributed by atoms with Crippen LogP contribution in [-0.2, 0) is 0 Å². The molecule has 3 rings (SSSR count). The predicted molar refractivity (Wildman–Crippen MR) is 67.3 cm³/mol. The Morgan fingerprint density at radius 3 is 2.84 bits per heavy atom. The number of anilines is 1. The van der Waals surface area contributed by atoms with Gasteiger partial charge in [0, 0.05) is 23.6 Å². The number of benzene rings is 1. The van der Waals surface area contributed by atoms with Crippen molar-refractivity contribution >= 4 is 5.69 Å². The SMILES string of the molecule is Nc1ccc(-c2nc(-c3cccnc3)no2)c(F)c1. The molecule has 0 amide bonds. The lowest BCUT2D eigenvalue weighted by Gasteiger charge is -1.98. The minimum Gasteiger partial charge on any atom is -0.399 e. The van der Waals surface area contributed by atoms with Crippen molar-refractivity contribution in [3.05, 3.63) is 48.5 Å². The molecule has 94 valence electrons. The smallest absolute Gasteiger partial charge is 0.261 e. The number of rotatable bonds is 2. The van der Waals surface area contributed by atoms with E-state index in [0.29, 0.717) is 17.1 Å². The van der Waals surface area contributed by atoms with Gasteiger partial charge < -0.3 is 10.3 Å². The van der Waals surface area contributed by atoms with Crippen LogP contribution in [0, 0.1) is 5.82 Å². The van der Waals surface area contributed by atoms with Gasteiger partial charge in [0.05, 0.1) is 5.56 Å². The number of nitrogens with zero attached hydrogens (tertiary/aromatic N) is 3. The molecule has 0 bridgehead atoms. The molecular formula is C13H9FN4O. The van der Waals surface area contributed by atoms with E-state index < -0.39 is 5.82 Å². The zero-order chi connectivity index (χ0) is 13.2. The Labute approximate surface area is 107 Å². The number of hydrogen-bond donors (Lipinski definition) is 1. The van der Waals surface area contributed by atoms with Gasteiger partial charge in [-0.05, 0) is 30.3 Å². The highest BCUT2D eigenvalue weighted by atomic mass is 19.1. The molecule has 2 N–H and O–H groups in total. The van der Waals surface area contributed by atoms with Crippen LogP contribution in [0.2, 0.25) is 0 Å². The summed E-state index contributed by atoms with van der Waals surface area (Å²) >= 11 is 0. The quantitative estimate of drug-likeness (QED) is 0.713. The lowest BCUT2D eigenvalue weighted by molar-refractivity contribution is 0.429. The van der Waals surface area contributed by atoms with Crippen LogP contribution < -0.4 is 5.73 Å². The summed E-state index contributed by atoms with van der Waals surface area (Å²) in [4.78, 5) is 8.10. The van der Waals surface area contributed by atoms with Crippen molar-refractivity contribution in [2.45, 2.75) is 0 Å². The van der Waals surface area contributed by atoms with E-state index in [0.717, 1.165) is 0 Å². The van der Waals surface area contributed by atoms with Crippen LogP contribution in [0.5, 0.6) is 0 Å². The first kappa shape index (κ1) is 11.3. The van der Waals surface area contributed by atoms with Gasteiger partial charge in [-0.25, -0.2) is 4.39 Å². The van der Waals surface area contributed by atoms with Crippen molar-refractivity contribution in [1.82, 2.24) is 15.1 Å². The maximum atomic E-state index is 13.7. The Morgan fingerprint density at radius 2 is 2.11 bits per heavy atom. The summed E-state index contributed by atoms with van der Waals surface area (Å²) in [6.07, 6.45) is 3.25. The molecule has 2 aromatic heterocycles. The van der Waals surface area contributed by atoms with Crippen LogP contribution in [0.1, 0.15) is 0 Å². The summed E-state index contributed by atoms with van der Waals surface area (Å²) in [6.45, 7) is 0. The predicted octanol–water partition coefficient (Wildman–Crippen LogP) is 2.52. The van der Waals surface area contributed by atoms with Crippen LogP contribution in [-0.4, -0.2) is 15.1 Å². The van der Waals surface area contributed by atoms with Crippen molar-refractivity contribution in [2.24, 2.45) is 0 Å². The third-order valence-corrected chi connectivity index (χ3v) is 2.57. The summed E-state index contributed by atoms with van der Waals surface area (Å²) in [5.41, 5.74) is 6.75. The van der Waals surface area contributed by atoms with Gasteiger partial charge in [-0.1, -0.05) is 5.16 Å². The Morgan fingerprint density at radius 1 is 1.21 bits per heavy atom. The van der Waals surface area contributed by atoms with E-state index in [4.69, 9.17) is 10.3 Å². The molecule has 0 saturated carbocycles. The van der Waals surface area contributed by atoms with E-state index in [9.17, 15) is 4.39 Å². The van der Waals surface area contributed by atoms with Gasteiger partial charge in [0.25, 0.3) is 5.89 Å². The van der Waals surface area contributed by atoms with Gasteiger partial charge in [-0.3, -0.25) is 4.98 Å². The summed E-state index contributed by atoms with van der Waals surface area (Å²) in [5.74, 6) is -0.0305. The monoisotopic (exact) mass is 256 g/mol. The molecule has 0 aliphatic heterocycles. The fraction of sp³-hybridized carbons (Fsp3) is 0. The van der Waals surface area contributed by atoms with E-state index >= 15 is 0 Å². The van der Waals surface area contributed by atoms with Crippen molar-refractivity contribution in [3.63, 3.8) is 0 Å². The standard InChI is InChI=1S/C13H9FN4O/c14-11-6-9(15)3-4-10(11)13-17-12(18-19-13)8-2-1-5-16-7-8/h1-7H,15H2. The molecule has 0 spiro atoms. The highest BCUT2D eigenvalue weighted by molar-refractivity contribution is 5.61. The molecular weight excluding hydrogens is 247 g/mol. The largest absolute Gasteiger partial charge is 0.399 e. The lowest BCUT2D eigenvalue weighted by Crippen LogP contribution is -1.89. The van der Waals surface area contributed by atoms with Crippen LogP contribution in [0.4, 0.5) is 10.1 Å². The number of nitrogens with two attached hydrogens (primary N) is 1. The summed E-state index contributed by atoms with van der Waals surface area (Å²) < 4.78 is 18.8. The third kappa shape index (κ3) is 2.15. The van der Waals surface area contributed by atoms with E-state index in [1.807, 2.05) is 0 Å². The number of pyridine rings is 1. The van der Waals surface area contributed by atoms with Crippen LogP contribution in [0.3, 0.4) is 0 Å². The van der Waals surface area contributed by atoms with Gasteiger partial charge in [0.1, 0.15) is 5.82 Å². The normalized spacial score (nSPS) is 10.6. The molecule has 0 unspecified atom stereocenters. The molecule has 2 heterocycles. The molecule has 0 fully saturated rings. The maximum absolute atomic E-state index is 13.7. The van der Waals surface area contributed by atoms with Crippen LogP contribution in [0.25, 0.3) is 22.8 Å². The molecule has 19 heavy (non-hydrogen) atoms. The highest BCUT2D eigenvalue weighted by Crippen LogP contribution is 2.25. The average molecular weight is 256 g/mol. The lowest BCUT2D eigenvalue weighted by atomic mass is 10.2. The summed E-state index contributed by atoms with van der Waals surface area (Å²) in [7, 11) is 0. The minimum atomic E-state index is -0.499. The average Bonchev–Trinajstić information content (AvgIpc) is 2.89. The third-order valence-electron chi connectivity index (χ3n) is 2.57. The fourth-order valence-electron chi connectivity index (χ4n) is 1.65. The second-order valence-electron chi connectivity index (χ2n) is 3.90. The van der Waals surface area contributed by atoms with Gasteiger partial charge >= 0.3 is 0 Å². The Hall–Kier alpha value is -2.76. The zero-order valence-corrected chi connectivity index (χ0v) is 9.75. The molecule has 0 aliphatic carbocycles. The Kier molecular flexibility index (Phi) is 2.68. The molecule has 6 heteroatoms. The molecule has 1 aromatic carbocycles. The van der Waals surface area contributed by atoms with Gasteiger partial charge in [0.15, 0.2) is 0 Å². The first-order valence-corrected chi connectivity index (χ1v) is 5.53. The summed E-state index contributed by atoms with van der Waals surface area (Å²) in [5, 5.41) is 3.80. The van der Waals surface area contributed by atoms with E-state index in [-0.39, 0.29) is 11.5 Å². The van der Waals surface area contributed by atoms with Gasteiger partial charge in [0.2, 0.25) is 5.82 Å². The molecule has 0 saturated heterocycles. The number of aromatic nitrogens is 3. The summed E-state index contributed by atoms with van der Waals surface area (Å²) in [6, 6.07) is 7.84. The number of hydrogen-bond acceptors (Lipinski definition) is 5. The van der Waals surface area contributed by atoms with E-state index in [1.165, 1.54) is 12.1 Å². The van der Waals surface area contributed by atoms with Crippen LogP contribution >= 0.6 is 0 Å². The maximum Gasteiger partial charge on any atom is 0.261 e.